The number of nitrogens with one attached hydrogen (secondary N) is 1. The zero-order valence-electron chi connectivity index (χ0n) is 22.2. The van der Waals surface area contributed by atoms with Crippen LogP contribution in [0.3, 0.4) is 0 Å². The summed E-state index contributed by atoms with van der Waals surface area (Å²) in [5.41, 5.74) is 8.63. The minimum absolute atomic E-state index is 0.156. The lowest BCUT2D eigenvalue weighted by atomic mass is 10.00. The first-order chi connectivity index (χ1) is 17.9. The number of aryl methyl sites for hydroxylation is 1. The first-order valence-corrected chi connectivity index (χ1v) is 12.7. The number of imide groups is 1. The zero-order chi connectivity index (χ0) is 27.6. The molecule has 0 radical (unpaired) electrons. The molecule has 38 heavy (non-hydrogen) atoms. The van der Waals surface area contributed by atoms with Crippen LogP contribution < -0.4 is 16.8 Å². The topological polar surface area (TPSA) is 137 Å². The minimum atomic E-state index is -1.02. The van der Waals surface area contributed by atoms with Crippen LogP contribution in [-0.4, -0.2) is 45.2 Å². The molecule has 1 aliphatic carbocycles. The molecule has 0 unspecified atom stereocenters. The van der Waals surface area contributed by atoms with E-state index in [-0.39, 0.29) is 12.5 Å². The van der Waals surface area contributed by atoms with Gasteiger partial charge in [0, 0.05) is 19.5 Å². The molecule has 1 atom stereocenters. The predicted molar refractivity (Wildman–Crippen MR) is 142 cm³/mol. The van der Waals surface area contributed by atoms with Crippen LogP contribution in [-0.2, 0) is 23.0 Å². The van der Waals surface area contributed by atoms with E-state index >= 15 is 0 Å². The van der Waals surface area contributed by atoms with Crippen molar-refractivity contribution in [2.45, 2.75) is 70.6 Å². The highest BCUT2D eigenvalue weighted by molar-refractivity contribution is 5.94. The van der Waals surface area contributed by atoms with Crippen molar-refractivity contribution < 1.29 is 23.5 Å². The van der Waals surface area contributed by atoms with Gasteiger partial charge in [0.2, 0.25) is 5.91 Å². The maximum atomic E-state index is 13.2. The molecular weight excluding hydrogens is 488 g/mol. The molecule has 2 aromatic carbocycles. The Kier molecular flexibility index (Phi) is 7.61. The van der Waals surface area contributed by atoms with Crippen LogP contribution in [0.2, 0.25) is 0 Å². The molecule has 0 spiro atoms. The molecule has 1 heterocycles. The molecule has 202 valence electrons. The fourth-order valence-corrected chi connectivity index (χ4v) is 4.69. The van der Waals surface area contributed by atoms with E-state index in [1.807, 2.05) is 36.4 Å². The molecule has 1 fully saturated rings. The van der Waals surface area contributed by atoms with Gasteiger partial charge >= 0.3 is 17.9 Å². The summed E-state index contributed by atoms with van der Waals surface area (Å²) in [6, 6.07) is 11.0. The first-order valence-electron chi connectivity index (χ1n) is 12.7. The number of urea groups is 1. The summed E-state index contributed by atoms with van der Waals surface area (Å²) in [6.07, 6.45) is 2.62. The molecule has 10 nitrogen and oxygen atoms in total. The van der Waals surface area contributed by atoms with Crippen LogP contribution in [0.15, 0.2) is 51.7 Å². The number of benzene rings is 2. The highest BCUT2D eigenvalue weighted by Crippen LogP contribution is 2.26. The summed E-state index contributed by atoms with van der Waals surface area (Å²) >= 11 is 0. The van der Waals surface area contributed by atoms with Crippen LogP contribution in [0.1, 0.15) is 52.0 Å². The van der Waals surface area contributed by atoms with Gasteiger partial charge in [-0.1, -0.05) is 43.2 Å². The summed E-state index contributed by atoms with van der Waals surface area (Å²) in [4.78, 5) is 51.2. The molecule has 1 aliphatic rings. The summed E-state index contributed by atoms with van der Waals surface area (Å²) in [7, 11) is 1.65. The fraction of sp³-hybridized carbons (Fsp3) is 0.429. The number of aromatic nitrogens is 1. The molecule has 4 amide bonds. The lowest BCUT2D eigenvalue weighted by Crippen LogP contribution is -2.55. The highest BCUT2D eigenvalue weighted by Gasteiger charge is 2.36. The highest BCUT2D eigenvalue weighted by atomic mass is 16.6. The number of carbonyl (C=O) groups excluding carboxylic acids is 3. The van der Waals surface area contributed by atoms with E-state index in [0.29, 0.717) is 23.9 Å². The number of hydrogen-bond acceptors (Lipinski definition) is 6. The van der Waals surface area contributed by atoms with Gasteiger partial charge in [0.15, 0.2) is 5.58 Å². The SMILES string of the molecule is Cn1c(=O)oc2ccc(-c3ccc(C[C@H](NC(=O)N(C(=O)OC(C)(C)C)C4CCCC4)C(N)=O)cc3)cc21. The maximum Gasteiger partial charge on any atom is 0.419 e. The Labute approximate surface area is 220 Å². The van der Waals surface area contributed by atoms with Gasteiger partial charge in [-0.05, 0) is 62.4 Å². The third-order valence-electron chi connectivity index (χ3n) is 6.66. The van der Waals surface area contributed by atoms with E-state index in [4.69, 9.17) is 14.9 Å². The Morgan fingerprint density at radius 1 is 1.11 bits per heavy atom. The number of rotatable bonds is 6. The number of primary amides is 1. The predicted octanol–water partition coefficient (Wildman–Crippen LogP) is 4.08. The standard InChI is InChI=1S/C28H34N4O6/c1-28(2,3)38-27(36)32(20-7-5-6-8-20)25(34)30-21(24(29)33)15-17-9-11-18(12-10-17)19-13-14-23-22(16-19)31(4)26(35)37-23/h9-14,16,20-21H,5-8,15H2,1-4H3,(H2,29,33)(H,30,34)/t21-/m0/s1. The van der Waals surface area contributed by atoms with Gasteiger partial charge in [-0.15, -0.1) is 0 Å². The maximum absolute atomic E-state index is 13.2. The van der Waals surface area contributed by atoms with Crippen molar-refractivity contribution >= 4 is 29.1 Å². The van der Waals surface area contributed by atoms with Gasteiger partial charge in [0.1, 0.15) is 11.6 Å². The molecule has 1 aromatic heterocycles. The monoisotopic (exact) mass is 522 g/mol. The van der Waals surface area contributed by atoms with E-state index in [2.05, 4.69) is 5.32 Å². The smallest absolute Gasteiger partial charge is 0.419 e. The average Bonchev–Trinajstić information content (AvgIpc) is 3.46. The summed E-state index contributed by atoms with van der Waals surface area (Å²) < 4.78 is 12.1. The third-order valence-corrected chi connectivity index (χ3v) is 6.66. The molecule has 10 heteroatoms. The summed E-state index contributed by atoms with van der Waals surface area (Å²) in [5.74, 6) is -1.13. The Bertz CT molecular complexity index is 1390. The molecule has 4 rings (SSSR count). The number of fused-ring (bicyclic) bond motifs is 1. The lowest BCUT2D eigenvalue weighted by molar-refractivity contribution is -0.119. The number of ether oxygens (including phenoxy) is 1. The van der Waals surface area contributed by atoms with Gasteiger partial charge in [-0.3, -0.25) is 9.36 Å². The number of oxazole rings is 1. The zero-order valence-corrected chi connectivity index (χ0v) is 22.2. The van der Waals surface area contributed by atoms with E-state index < -0.39 is 35.4 Å². The molecule has 0 saturated heterocycles. The van der Waals surface area contributed by atoms with Crippen LogP contribution in [0.4, 0.5) is 9.59 Å². The first kappa shape index (κ1) is 27.0. The average molecular weight is 523 g/mol. The van der Waals surface area contributed by atoms with Crippen LogP contribution in [0, 0.1) is 0 Å². The number of amides is 4. The van der Waals surface area contributed by atoms with Crippen LogP contribution >= 0.6 is 0 Å². The number of hydrogen-bond donors (Lipinski definition) is 2. The third kappa shape index (κ3) is 6.07. The number of carbonyl (C=O) groups is 3. The van der Waals surface area contributed by atoms with Gasteiger partial charge in [-0.2, -0.15) is 0 Å². The van der Waals surface area contributed by atoms with Crippen molar-refractivity contribution in [3.8, 4) is 11.1 Å². The van der Waals surface area contributed by atoms with E-state index in [0.717, 1.165) is 34.4 Å². The van der Waals surface area contributed by atoms with Crippen molar-refractivity contribution in [2.75, 3.05) is 0 Å². The van der Waals surface area contributed by atoms with Crippen molar-refractivity contribution in [1.82, 2.24) is 14.8 Å². The van der Waals surface area contributed by atoms with Crippen LogP contribution in [0.5, 0.6) is 0 Å². The van der Waals surface area contributed by atoms with E-state index in [1.165, 1.54) is 4.57 Å². The molecular formula is C28H34N4O6. The van der Waals surface area contributed by atoms with Gasteiger partial charge in [0.05, 0.1) is 5.52 Å². The Morgan fingerprint density at radius 3 is 2.34 bits per heavy atom. The van der Waals surface area contributed by atoms with E-state index in [1.54, 1.807) is 33.9 Å². The lowest BCUT2D eigenvalue weighted by Gasteiger charge is -2.31. The Morgan fingerprint density at radius 2 is 1.74 bits per heavy atom. The van der Waals surface area contributed by atoms with Gasteiger partial charge in [0.25, 0.3) is 0 Å². The van der Waals surface area contributed by atoms with E-state index in [9.17, 15) is 19.2 Å². The number of nitrogens with two attached hydrogens (primary N) is 1. The Balaban J connectivity index is 1.49. The summed E-state index contributed by atoms with van der Waals surface area (Å²) in [5, 5.41) is 2.65. The molecule has 3 N–H and O–H groups in total. The molecule has 1 saturated carbocycles. The summed E-state index contributed by atoms with van der Waals surface area (Å²) in [6.45, 7) is 5.21. The van der Waals surface area contributed by atoms with Crippen molar-refractivity contribution in [1.29, 1.82) is 0 Å². The van der Waals surface area contributed by atoms with Crippen molar-refractivity contribution in [3.63, 3.8) is 0 Å². The second-order valence-electron chi connectivity index (χ2n) is 10.7. The van der Waals surface area contributed by atoms with Crippen LogP contribution in [0.25, 0.3) is 22.2 Å². The quantitative estimate of drug-likeness (QED) is 0.500. The van der Waals surface area contributed by atoms with Crippen molar-refractivity contribution in [3.05, 3.63) is 58.6 Å². The molecule has 0 bridgehead atoms. The Hall–Kier alpha value is -4.08. The molecule has 3 aromatic rings. The largest absolute Gasteiger partial charge is 0.443 e. The second-order valence-corrected chi connectivity index (χ2v) is 10.7. The number of nitrogens with zero attached hydrogens (tertiary/aromatic N) is 2. The van der Waals surface area contributed by atoms with Gasteiger partial charge < -0.3 is 20.2 Å². The normalized spacial score (nSPS) is 14.8. The van der Waals surface area contributed by atoms with Crippen molar-refractivity contribution in [2.24, 2.45) is 12.8 Å². The minimum Gasteiger partial charge on any atom is -0.443 e. The van der Waals surface area contributed by atoms with Gasteiger partial charge in [-0.25, -0.2) is 19.3 Å². The fourth-order valence-electron chi connectivity index (χ4n) is 4.69. The second kappa shape index (κ2) is 10.7. The molecule has 0 aliphatic heterocycles.